The van der Waals surface area contributed by atoms with Crippen molar-refractivity contribution in [2.24, 2.45) is 23.8 Å². The second kappa shape index (κ2) is 6.09. The van der Waals surface area contributed by atoms with E-state index in [-0.39, 0.29) is 30.5 Å². The fraction of sp³-hybridized carbons (Fsp3) is 0.731. The molecule has 1 spiro atoms. The van der Waals surface area contributed by atoms with E-state index in [4.69, 9.17) is 9.47 Å². The monoisotopic (exact) mass is 505 g/mol. The Hall–Kier alpha value is -1.79. The Morgan fingerprint density at radius 1 is 1.22 bits per heavy atom. The van der Waals surface area contributed by atoms with Crippen LogP contribution in [0.4, 0.5) is 0 Å². The number of nitrogens with zero attached hydrogens (tertiary/aromatic N) is 1. The number of aryl methyl sites for hydroxylation is 1. The van der Waals surface area contributed by atoms with E-state index in [0.717, 1.165) is 0 Å². The van der Waals surface area contributed by atoms with Crippen LogP contribution in [0, 0.1) is 16.7 Å². The van der Waals surface area contributed by atoms with Gasteiger partial charge in [-0.2, -0.15) is 0 Å². The molecule has 0 radical (unpaired) electrons. The van der Waals surface area contributed by atoms with E-state index >= 15 is 0 Å². The number of carbonyl (C=O) groups is 1. The fourth-order valence-electron chi connectivity index (χ4n) is 9.51. The van der Waals surface area contributed by atoms with Gasteiger partial charge in [0.1, 0.15) is 34.2 Å². The molecule has 10 atom stereocenters. The summed E-state index contributed by atoms with van der Waals surface area (Å²) in [5.74, 6) is -3.93. The molecule has 6 N–H and O–H groups in total. The molecular weight excluding hydrogens is 470 g/mol. The number of aromatic nitrogens is 1. The number of aliphatic hydroxyl groups is 6. The Morgan fingerprint density at radius 3 is 2.42 bits per heavy atom. The SMILES string of the molecule is C=C1CC[C@]2(O)[C@]3(C)C[C@]4(O)O[C@@]2([C@@H]1O)[C@]1(O)[C@@]3(O)[C@H](OC(=O)c2cccn2C)[C@](O)(C(C)C)[C@@]14C. The summed E-state index contributed by atoms with van der Waals surface area (Å²) in [6.07, 6.45) is -2.06. The van der Waals surface area contributed by atoms with Crippen LogP contribution in [0.5, 0.6) is 0 Å². The average Bonchev–Trinajstić information content (AvgIpc) is 3.33. The first-order valence-corrected chi connectivity index (χ1v) is 12.4. The summed E-state index contributed by atoms with van der Waals surface area (Å²) >= 11 is 0. The quantitative estimate of drug-likeness (QED) is 0.240. The van der Waals surface area contributed by atoms with Crippen molar-refractivity contribution in [1.82, 2.24) is 4.57 Å². The van der Waals surface area contributed by atoms with Gasteiger partial charge in [-0.3, -0.25) is 0 Å². The van der Waals surface area contributed by atoms with E-state index in [0.29, 0.717) is 0 Å². The lowest BCUT2D eigenvalue weighted by Crippen LogP contribution is -2.74. The smallest absolute Gasteiger partial charge is 0.355 e. The van der Waals surface area contributed by atoms with Gasteiger partial charge in [0.05, 0.1) is 5.41 Å². The summed E-state index contributed by atoms with van der Waals surface area (Å²) in [7, 11) is 1.64. The third kappa shape index (κ3) is 1.74. The van der Waals surface area contributed by atoms with Crippen molar-refractivity contribution in [2.45, 2.75) is 93.0 Å². The van der Waals surface area contributed by atoms with Crippen LogP contribution in [0.3, 0.4) is 0 Å². The molecule has 7 rings (SSSR count). The van der Waals surface area contributed by atoms with Gasteiger partial charge in [0.15, 0.2) is 17.5 Å². The minimum atomic E-state index is -2.65. The Kier molecular flexibility index (Phi) is 4.15. The van der Waals surface area contributed by atoms with Gasteiger partial charge in [-0.25, -0.2) is 4.79 Å². The minimum absolute atomic E-state index is 0.0330. The molecule has 6 bridgehead atoms. The maximum absolute atomic E-state index is 13.4. The van der Waals surface area contributed by atoms with Crippen LogP contribution in [-0.2, 0) is 16.5 Å². The highest BCUT2D eigenvalue weighted by Gasteiger charge is 3.10. The zero-order chi connectivity index (χ0) is 26.7. The van der Waals surface area contributed by atoms with Crippen LogP contribution >= 0.6 is 0 Å². The van der Waals surface area contributed by atoms with Crippen molar-refractivity contribution in [3.63, 3.8) is 0 Å². The second-order valence-corrected chi connectivity index (χ2v) is 12.4. The molecular formula is C26H35NO9. The van der Waals surface area contributed by atoms with Gasteiger partial charge in [-0.05, 0) is 43.4 Å². The number of hydrogen-bond donors (Lipinski definition) is 6. The Labute approximate surface area is 208 Å². The number of rotatable bonds is 3. The van der Waals surface area contributed by atoms with Crippen LogP contribution < -0.4 is 0 Å². The predicted molar refractivity (Wildman–Crippen MR) is 123 cm³/mol. The lowest BCUT2D eigenvalue weighted by atomic mass is 9.52. The first-order chi connectivity index (χ1) is 16.4. The summed E-state index contributed by atoms with van der Waals surface area (Å²) in [5, 5.41) is 74.0. The zero-order valence-corrected chi connectivity index (χ0v) is 21.1. The molecule has 0 aromatic carbocycles. The molecule has 1 aromatic heterocycles. The van der Waals surface area contributed by atoms with Gasteiger partial charge >= 0.3 is 5.97 Å². The van der Waals surface area contributed by atoms with Crippen LogP contribution in [0.1, 0.15) is 57.4 Å². The van der Waals surface area contributed by atoms with Gasteiger partial charge in [-0.15, -0.1) is 0 Å². The first kappa shape index (κ1) is 24.5. The number of hydrogen-bond acceptors (Lipinski definition) is 9. The molecule has 3 heterocycles. The molecule has 4 saturated carbocycles. The normalized spacial score (nSPS) is 56.5. The summed E-state index contributed by atoms with van der Waals surface area (Å²) in [6.45, 7) is 10.0. The Bertz CT molecular complexity index is 1230. The average molecular weight is 506 g/mol. The lowest BCUT2D eigenvalue weighted by molar-refractivity contribution is -0.383. The molecule has 198 valence electrons. The maximum atomic E-state index is 13.4. The molecule has 6 fully saturated rings. The molecule has 6 aliphatic rings. The zero-order valence-electron chi connectivity index (χ0n) is 21.1. The second-order valence-electron chi connectivity index (χ2n) is 12.4. The highest BCUT2D eigenvalue weighted by atomic mass is 16.7. The summed E-state index contributed by atoms with van der Waals surface area (Å²) in [5.41, 5.74) is -15.3. The molecule has 2 saturated heterocycles. The van der Waals surface area contributed by atoms with E-state index < -0.39 is 68.7 Å². The maximum Gasteiger partial charge on any atom is 0.355 e. The fourth-order valence-corrected chi connectivity index (χ4v) is 9.51. The molecule has 1 aromatic rings. The highest BCUT2D eigenvalue weighted by Crippen LogP contribution is 2.90. The van der Waals surface area contributed by atoms with Gasteiger partial charge in [0.2, 0.25) is 0 Å². The lowest BCUT2D eigenvalue weighted by Gasteiger charge is -2.60. The standard InChI is InChI=1S/C26H35NO9/c1-13(2)23(32)18(35-17(29)15-8-7-11-27(15)6)24(33)19(4)12-22(31)20(23,5)26(24,34)25(36-22)16(28)14(3)9-10-21(19,25)30/h7-8,11,13,16,18,28,30-34H,3,9-10,12H2,1-2,4-6H3/t16-,18-,19+,20+,21+,22+,23-,24-,25-,26-/m1/s1. The van der Waals surface area contributed by atoms with E-state index in [1.54, 1.807) is 33.2 Å². The Balaban J connectivity index is 1.69. The van der Waals surface area contributed by atoms with Crippen molar-refractivity contribution in [3.05, 3.63) is 36.2 Å². The van der Waals surface area contributed by atoms with E-state index in [1.807, 2.05) is 0 Å². The number of ether oxygens (including phenoxy) is 2. The summed E-state index contributed by atoms with van der Waals surface area (Å²) in [4.78, 5) is 13.4. The predicted octanol–water partition coefficient (Wildman–Crippen LogP) is -0.257. The Morgan fingerprint density at radius 2 is 1.86 bits per heavy atom. The van der Waals surface area contributed by atoms with Crippen molar-refractivity contribution < 1.29 is 44.9 Å². The molecule has 0 amide bonds. The number of aliphatic hydroxyl groups excluding tert-OH is 1. The molecule has 0 unspecified atom stereocenters. The van der Waals surface area contributed by atoms with Gasteiger partial charge in [0, 0.05) is 25.1 Å². The third-order valence-corrected chi connectivity index (χ3v) is 11.3. The third-order valence-electron chi connectivity index (χ3n) is 11.3. The molecule has 2 aliphatic heterocycles. The summed E-state index contributed by atoms with van der Waals surface area (Å²) < 4.78 is 13.6. The van der Waals surface area contributed by atoms with Crippen molar-refractivity contribution in [2.75, 3.05) is 0 Å². The van der Waals surface area contributed by atoms with E-state index in [1.165, 1.54) is 24.5 Å². The molecule has 10 nitrogen and oxygen atoms in total. The van der Waals surface area contributed by atoms with E-state index in [9.17, 15) is 35.4 Å². The highest BCUT2D eigenvalue weighted by molar-refractivity contribution is 5.88. The van der Waals surface area contributed by atoms with Crippen molar-refractivity contribution in [1.29, 1.82) is 0 Å². The van der Waals surface area contributed by atoms with E-state index in [2.05, 4.69) is 6.58 Å². The molecule has 10 heteroatoms. The van der Waals surface area contributed by atoms with Gasteiger partial charge in [-0.1, -0.05) is 27.4 Å². The largest absolute Gasteiger partial charge is 0.451 e. The first-order valence-electron chi connectivity index (χ1n) is 12.4. The molecule has 36 heavy (non-hydrogen) atoms. The number of carbonyl (C=O) groups excluding carboxylic acids is 1. The minimum Gasteiger partial charge on any atom is -0.451 e. The van der Waals surface area contributed by atoms with Crippen molar-refractivity contribution >= 4 is 5.97 Å². The summed E-state index contributed by atoms with van der Waals surface area (Å²) in [6, 6.07) is 3.15. The van der Waals surface area contributed by atoms with Crippen LogP contribution in [0.25, 0.3) is 0 Å². The number of esters is 1. The topological polar surface area (TPSA) is 162 Å². The van der Waals surface area contributed by atoms with Gasteiger partial charge < -0.3 is 44.7 Å². The van der Waals surface area contributed by atoms with Crippen molar-refractivity contribution in [3.8, 4) is 0 Å². The molecule has 4 aliphatic carbocycles. The van der Waals surface area contributed by atoms with Crippen LogP contribution in [0.2, 0.25) is 0 Å². The van der Waals surface area contributed by atoms with Crippen LogP contribution in [-0.4, -0.2) is 87.2 Å². The van der Waals surface area contributed by atoms with Crippen LogP contribution in [0.15, 0.2) is 30.5 Å². The van der Waals surface area contributed by atoms with Gasteiger partial charge in [0.25, 0.3) is 0 Å².